The quantitative estimate of drug-likeness (QED) is 0.746. The highest BCUT2D eigenvalue weighted by molar-refractivity contribution is 7.09. The maximum Gasteiger partial charge on any atom is 0.416 e. The summed E-state index contributed by atoms with van der Waals surface area (Å²) in [6, 6.07) is 8.66. The molecule has 0 bridgehead atoms. The topological polar surface area (TPSA) is 52.9 Å². The van der Waals surface area contributed by atoms with Crippen molar-refractivity contribution >= 4 is 11.3 Å². The molecule has 0 aliphatic carbocycles. The Morgan fingerprint density at radius 3 is 2.78 bits per heavy atom. The van der Waals surface area contributed by atoms with Gasteiger partial charge >= 0.3 is 6.18 Å². The first-order valence-corrected chi connectivity index (χ1v) is 9.58. The summed E-state index contributed by atoms with van der Waals surface area (Å²) in [5.41, 5.74) is -0.214. The smallest absolute Gasteiger partial charge is 0.392 e. The second-order valence-electron chi connectivity index (χ2n) is 6.73. The number of thiophene rings is 1. The highest BCUT2D eigenvalue weighted by Gasteiger charge is 2.35. The molecule has 0 radical (unpaired) electrons. The van der Waals surface area contributed by atoms with Gasteiger partial charge in [-0.25, -0.2) is 0 Å². The van der Waals surface area contributed by atoms with Crippen molar-refractivity contribution in [2.24, 2.45) is 0 Å². The van der Waals surface area contributed by atoms with Crippen LogP contribution in [0.1, 0.15) is 28.5 Å². The lowest BCUT2D eigenvalue weighted by Crippen LogP contribution is -2.35. The van der Waals surface area contributed by atoms with Crippen molar-refractivity contribution in [3.05, 3.63) is 57.8 Å². The Labute approximate surface area is 159 Å². The van der Waals surface area contributed by atoms with E-state index in [1.54, 1.807) is 17.4 Å². The van der Waals surface area contributed by atoms with Gasteiger partial charge in [-0.3, -0.25) is 4.90 Å². The molecule has 3 atom stereocenters. The lowest BCUT2D eigenvalue weighted by atomic mass is 10.0. The van der Waals surface area contributed by atoms with Gasteiger partial charge in [0.1, 0.15) is 0 Å². The number of aliphatic hydroxyl groups is 2. The number of likely N-dealkylation sites (tertiary alicyclic amines) is 1. The molecular weight excluding hydrogens is 379 g/mol. The Balaban J connectivity index is 1.60. The van der Waals surface area contributed by atoms with Crippen LogP contribution >= 0.6 is 11.3 Å². The maximum absolute atomic E-state index is 13.0. The zero-order chi connectivity index (χ0) is 19.4. The number of halogens is 3. The van der Waals surface area contributed by atoms with E-state index >= 15 is 0 Å². The van der Waals surface area contributed by atoms with Gasteiger partial charge in [0.05, 0.1) is 31.0 Å². The lowest BCUT2D eigenvalue weighted by molar-refractivity contribution is -0.137. The van der Waals surface area contributed by atoms with Crippen LogP contribution in [0.15, 0.2) is 41.8 Å². The predicted molar refractivity (Wildman–Crippen MR) is 96.4 cm³/mol. The van der Waals surface area contributed by atoms with Crippen LogP contribution in [0, 0.1) is 0 Å². The molecular formula is C19H22F3NO3S. The molecule has 8 heteroatoms. The van der Waals surface area contributed by atoms with Crippen LogP contribution in [0.25, 0.3) is 0 Å². The number of hydrogen-bond donors (Lipinski definition) is 2. The second-order valence-corrected chi connectivity index (χ2v) is 7.76. The number of alkyl halides is 3. The van der Waals surface area contributed by atoms with Gasteiger partial charge < -0.3 is 14.9 Å². The molecule has 2 aromatic rings. The number of hydrogen-bond acceptors (Lipinski definition) is 5. The number of benzene rings is 1. The average molecular weight is 401 g/mol. The molecule has 2 heterocycles. The van der Waals surface area contributed by atoms with Crippen molar-refractivity contribution in [2.75, 3.05) is 19.7 Å². The lowest BCUT2D eigenvalue weighted by Gasteiger charge is -2.27. The highest BCUT2D eigenvalue weighted by atomic mass is 32.1. The van der Waals surface area contributed by atoms with Crippen LogP contribution in [0.3, 0.4) is 0 Å². The molecule has 1 aliphatic heterocycles. The summed E-state index contributed by atoms with van der Waals surface area (Å²) in [5, 5.41) is 22.2. The van der Waals surface area contributed by atoms with Gasteiger partial charge in [0.2, 0.25) is 0 Å². The van der Waals surface area contributed by atoms with Crippen LogP contribution in [0.2, 0.25) is 0 Å². The van der Waals surface area contributed by atoms with Gasteiger partial charge in [-0.05, 0) is 35.6 Å². The Morgan fingerprint density at radius 1 is 1.26 bits per heavy atom. The number of ether oxygens (including phenoxy) is 1. The zero-order valence-electron chi connectivity index (χ0n) is 14.6. The Hall–Kier alpha value is -1.45. The first-order valence-electron chi connectivity index (χ1n) is 8.70. The zero-order valence-corrected chi connectivity index (χ0v) is 15.4. The van der Waals surface area contributed by atoms with Crippen LogP contribution in [0.5, 0.6) is 0 Å². The predicted octanol–water partition coefficient (Wildman–Crippen LogP) is 3.45. The molecule has 0 amide bonds. The summed E-state index contributed by atoms with van der Waals surface area (Å²) in [5.74, 6) is 0. The molecule has 3 rings (SSSR count). The van der Waals surface area contributed by atoms with Crippen LogP contribution in [-0.4, -0.2) is 47.0 Å². The second kappa shape index (κ2) is 8.70. The number of rotatable bonds is 7. The Morgan fingerprint density at radius 2 is 2.07 bits per heavy atom. The summed E-state index contributed by atoms with van der Waals surface area (Å²) in [6.07, 6.45) is -5.50. The van der Waals surface area contributed by atoms with Crippen molar-refractivity contribution in [2.45, 2.75) is 37.5 Å². The SMILES string of the molecule is OC(COCc1cccs1)CN1CC(O)CC1c1cccc(C(F)(F)F)c1. The van der Waals surface area contributed by atoms with Crippen molar-refractivity contribution in [3.63, 3.8) is 0 Å². The average Bonchev–Trinajstić information content (AvgIpc) is 3.24. The van der Waals surface area contributed by atoms with E-state index in [2.05, 4.69) is 0 Å². The Bertz CT molecular complexity index is 723. The van der Waals surface area contributed by atoms with E-state index in [1.165, 1.54) is 6.07 Å². The molecule has 1 saturated heterocycles. The summed E-state index contributed by atoms with van der Waals surface area (Å²) in [6.45, 7) is 1.07. The van der Waals surface area contributed by atoms with Crippen LogP contribution in [0.4, 0.5) is 13.2 Å². The standard InChI is InChI=1S/C19H22F3NO3S/c20-19(21,22)14-4-1-3-13(7-14)18-8-15(24)9-23(18)10-16(25)11-26-12-17-5-2-6-27-17/h1-7,15-16,18,24-25H,8-12H2. The van der Waals surface area contributed by atoms with Gasteiger partial charge in [-0.1, -0.05) is 18.2 Å². The minimum atomic E-state index is -4.41. The first-order chi connectivity index (χ1) is 12.8. The summed E-state index contributed by atoms with van der Waals surface area (Å²) in [7, 11) is 0. The number of aliphatic hydroxyl groups excluding tert-OH is 2. The summed E-state index contributed by atoms with van der Waals surface area (Å²) in [4.78, 5) is 2.87. The van der Waals surface area contributed by atoms with Gasteiger partial charge in [0, 0.05) is 24.0 Å². The Kier molecular flexibility index (Phi) is 6.54. The molecule has 1 aromatic heterocycles. The monoisotopic (exact) mass is 401 g/mol. The van der Waals surface area contributed by atoms with Gasteiger partial charge in [-0.15, -0.1) is 11.3 Å². The minimum absolute atomic E-state index is 0.125. The summed E-state index contributed by atoms with van der Waals surface area (Å²) >= 11 is 1.57. The molecule has 3 unspecified atom stereocenters. The molecule has 1 aliphatic rings. The third-order valence-corrected chi connectivity index (χ3v) is 5.41. The fourth-order valence-corrected chi connectivity index (χ4v) is 4.00. The summed E-state index contributed by atoms with van der Waals surface area (Å²) < 4.78 is 44.4. The van der Waals surface area contributed by atoms with E-state index < -0.39 is 23.9 Å². The van der Waals surface area contributed by atoms with E-state index in [1.807, 2.05) is 22.4 Å². The third kappa shape index (κ3) is 5.52. The molecule has 1 aromatic carbocycles. The molecule has 2 N–H and O–H groups in total. The molecule has 0 spiro atoms. The van der Waals surface area contributed by atoms with E-state index in [0.717, 1.165) is 17.0 Å². The van der Waals surface area contributed by atoms with Crippen LogP contribution in [-0.2, 0) is 17.5 Å². The number of nitrogens with zero attached hydrogens (tertiary/aromatic N) is 1. The van der Waals surface area contributed by atoms with Gasteiger partial charge in [0.25, 0.3) is 0 Å². The fourth-order valence-electron chi connectivity index (χ4n) is 3.36. The number of β-amino-alcohol motifs (C(OH)–C–C–N with tert-alkyl or cyclic N) is 2. The minimum Gasteiger partial charge on any atom is -0.392 e. The van der Waals surface area contributed by atoms with Crippen molar-refractivity contribution < 1.29 is 28.1 Å². The van der Waals surface area contributed by atoms with Crippen LogP contribution < -0.4 is 0 Å². The molecule has 1 fully saturated rings. The van der Waals surface area contributed by atoms with E-state index in [-0.39, 0.29) is 19.2 Å². The van der Waals surface area contributed by atoms with Crippen molar-refractivity contribution in [1.82, 2.24) is 4.90 Å². The van der Waals surface area contributed by atoms with E-state index in [4.69, 9.17) is 4.74 Å². The normalized spacial score (nSPS) is 22.3. The van der Waals surface area contributed by atoms with E-state index in [0.29, 0.717) is 25.1 Å². The molecule has 27 heavy (non-hydrogen) atoms. The third-order valence-electron chi connectivity index (χ3n) is 4.56. The van der Waals surface area contributed by atoms with Crippen molar-refractivity contribution in [3.8, 4) is 0 Å². The fraction of sp³-hybridized carbons (Fsp3) is 0.474. The maximum atomic E-state index is 13.0. The molecule has 4 nitrogen and oxygen atoms in total. The highest BCUT2D eigenvalue weighted by Crippen LogP contribution is 2.36. The molecule has 148 valence electrons. The molecule has 0 saturated carbocycles. The van der Waals surface area contributed by atoms with Gasteiger partial charge in [-0.2, -0.15) is 13.2 Å². The first kappa shape index (κ1) is 20.3. The van der Waals surface area contributed by atoms with E-state index in [9.17, 15) is 23.4 Å². The largest absolute Gasteiger partial charge is 0.416 e. The van der Waals surface area contributed by atoms with Gasteiger partial charge in [0.15, 0.2) is 0 Å². The van der Waals surface area contributed by atoms with Crippen molar-refractivity contribution in [1.29, 1.82) is 0 Å².